The Kier molecular flexibility index (Phi) is 12.9. The molecule has 1 saturated heterocycles. The molecular formula is C5H13NaOSe. The maximum absolute atomic E-state index is 1.56. The molecule has 1 aliphatic rings. The minimum Gasteiger partial charge on any atom is -1.00 e. The fourth-order valence-electron chi connectivity index (χ4n) is 0.687. The second-order valence-corrected chi connectivity index (χ2v) is 4.24. The summed E-state index contributed by atoms with van der Waals surface area (Å²) in [5, 5.41) is 3.12. The van der Waals surface area contributed by atoms with Crippen molar-refractivity contribution < 1.29 is 36.5 Å². The Balaban J connectivity index is -0.000000120. The van der Waals surface area contributed by atoms with E-state index in [9.17, 15) is 0 Å². The molecule has 0 aliphatic carbocycles. The molecule has 1 aliphatic heterocycles. The second kappa shape index (κ2) is 8.48. The summed E-state index contributed by atoms with van der Waals surface area (Å²) >= 11 is 1.05. The van der Waals surface area contributed by atoms with E-state index in [4.69, 9.17) is 0 Å². The maximum atomic E-state index is 1.56. The van der Waals surface area contributed by atoms with Crippen LogP contribution in [-0.2, 0) is 0 Å². The molecule has 3 heteroatoms. The maximum Gasteiger partial charge on any atom is 1.00 e. The van der Waals surface area contributed by atoms with Crippen LogP contribution in [0.5, 0.6) is 0 Å². The molecule has 0 atom stereocenters. The van der Waals surface area contributed by atoms with Crippen LogP contribution in [0.2, 0.25) is 10.6 Å². The summed E-state index contributed by atoms with van der Waals surface area (Å²) in [6.45, 7) is 0. The Morgan fingerprint density at radius 2 is 1.50 bits per heavy atom. The van der Waals surface area contributed by atoms with Gasteiger partial charge in [0, 0.05) is 0 Å². The summed E-state index contributed by atoms with van der Waals surface area (Å²) in [5.74, 6) is 0. The molecule has 0 bridgehead atoms. The normalized spacial score (nSPS) is 18.0. The Labute approximate surface area is 80.9 Å². The van der Waals surface area contributed by atoms with Gasteiger partial charge in [-0.3, -0.25) is 0 Å². The molecule has 0 saturated carbocycles. The first-order valence-electron chi connectivity index (χ1n) is 2.58. The van der Waals surface area contributed by atoms with Gasteiger partial charge in [-0.1, -0.05) is 0 Å². The average Bonchev–Trinajstić information content (AvgIpc) is 1.72. The van der Waals surface area contributed by atoms with Crippen molar-refractivity contribution in [1.82, 2.24) is 0 Å². The van der Waals surface area contributed by atoms with E-state index in [2.05, 4.69) is 0 Å². The zero-order chi connectivity index (χ0) is 4.24. The summed E-state index contributed by atoms with van der Waals surface area (Å²) in [6, 6.07) is 0. The third kappa shape index (κ3) is 5.61. The third-order valence-corrected chi connectivity index (χ3v) is 3.50. The monoisotopic (exact) mass is 192 g/mol. The fraction of sp³-hybridized carbons (Fsp3) is 1.00. The molecule has 0 amide bonds. The van der Waals surface area contributed by atoms with Crippen LogP contribution in [-0.4, -0.2) is 20.4 Å². The van der Waals surface area contributed by atoms with Crippen molar-refractivity contribution >= 4 is 15.0 Å². The van der Waals surface area contributed by atoms with Crippen LogP contribution in [0.15, 0.2) is 0 Å². The standard InChI is InChI=1S/C5H10Se.Na.H2O.H/c1-2-4-6-5-3-1;;;/h1-5H2;;1H2;/q;+1;;-1. The SMILES string of the molecule is C1CC[Se]CC1.O.[H-].[Na+]. The molecule has 1 heterocycles. The van der Waals surface area contributed by atoms with Crippen molar-refractivity contribution in [3.63, 3.8) is 0 Å². The van der Waals surface area contributed by atoms with Crippen molar-refractivity contribution in [1.29, 1.82) is 0 Å². The van der Waals surface area contributed by atoms with Gasteiger partial charge in [-0.05, 0) is 0 Å². The molecule has 8 heavy (non-hydrogen) atoms. The van der Waals surface area contributed by atoms with Gasteiger partial charge in [-0.15, -0.1) is 0 Å². The molecule has 0 aromatic heterocycles. The van der Waals surface area contributed by atoms with E-state index < -0.39 is 0 Å². The van der Waals surface area contributed by atoms with Crippen LogP contribution in [0.3, 0.4) is 0 Å². The predicted octanol–water partition coefficient (Wildman–Crippen LogP) is -2.00. The van der Waals surface area contributed by atoms with Gasteiger partial charge in [0.1, 0.15) is 0 Å². The molecule has 46 valence electrons. The van der Waals surface area contributed by atoms with Gasteiger partial charge in [0.05, 0.1) is 0 Å². The van der Waals surface area contributed by atoms with Gasteiger partial charge >= 0.3 is 74.4 Å². The van der Waals surface area contributed by atoms with Gasteiger partial charge in [-0.25, -0.2) is 0 Å². The largest absolute Gasteiger partial charge is 1.00 e. The van der Waals surface area contributed by atoms with Crippen LogP contribution in [0.1, 0.15) is 20.7 Å². The Morgan fingerprint density at radius 1 is 1.00 bits per heavy atom. The quantitative estimate of drug-likeness (QED) is 0.397. The summed E-state index contributed by atoms with van der Waals surface area (Å²) in [5.41, 5.74) is 0. The predicted molar refractivity (Wildman–Crippen MR) is 33.9 cm³/mol. The van der Waals surface area contributed by atoms with E-state index in [0.717, 1.165) is 15.0 Å². The molecular weight excluding hydrogens is 178 g/mol. The molecule has 0 aromatic rings. The van der Waals surface area contributed by atoms with E-state index in [-0.39, 0.29) is 36.5 Å². The number of hydrogen-bond donors (Lipinski definition) is 0. The second-order valence-electron chi connectivity index (χ2n) is 1.67. The molecule has 1 nitrogen and oxygen atoms in total. The van der Waals surface area contributed by atoms with Crippen molar-refractivity contribution in [2.45, 2.75) is 29.9 Å². The van der Waals surface area contributed by atoms with E-state index in [1.165, 1.54) is 19.3 Å². The molecule has 1 rings (SSSR count). The summed E-state index contributed by atoms with van der Waals surface area (Å²) in [4.78, 5) is 0. The van der Waals surface area contributed by atoms with E-state index in [1.54, 1.807) is 10.6 Å². The van der Waals surface area contributed by atoms with Gasteiger partial charge in [0.2, 0.25) is 0 Å². The zero-order valence-electron chi connectivity index (χ0n) is 6.44. The fourth-order valence-corrected chi connectivity index (χ4v) is 2.83. The number of rotatable bonds is 0. The molecule has 0 radical (unpaired) electrons. The van der Waals surface area contributed by atoms with Crippen LogP contribution < -0.4 is 29.6 Å². The first kappa shape index (κ1) is 12.2. The topological polar surface area (TPSA) is 31.5 Å². The van der Waals surface area contributed by atoms with E-state index >= 15 is 0 Å². The zero-order valence-corrected chi connectivity index (χ0v) is 9.16. The third-order valence-electron chi connectivity index (χ3n) is 1.08. The Bertz CT molecular complexity index is 32.4. The van der Waals surface area contributed by atoms with Gasteiger partial charge in [-0.2, -0.15) is 0 Å². The van der Waals surface area contributed by atoms with Crippen molar-refractivity contribution in [2.75, 3.05) is 0 Å². The Morgan fingerprint density at radius 3 is 1.62 bits per heavy atom. The van der Waals surface area contributed by atoms with Crippen LogP contribution in [0.25, 0.3) is 0 Å². The molecule has 2 N–H and O–H groups in total. The Hall–Kier alpha value is 1.48. The van der Waals surface area contributed by atoms with Crippen molar-refractivity contribution in [2.24, 2.45) is 0 Å². The summed E-state index contributed by atoms with van der Waals surface area (Å²) in [7, 11) is 0. The summed E-state index contributed by atoms with van der Waals surface area (Å²) in [6.07, 6.45) is 4.57. The molecule has 0 unspecified atom stereocenters. The first-order valence-corrected chi connectivity index (χ1v) is 5.00. The molecule has 0 aromatic carbocycles. The van der Waals surface area contributed by atoms with Crippen LogP contribution >= 0.6 is 0 Å². The minimum atomic E-state index is 0. The first-order chi connectivity index (χ1) is 3.00. The minimum absolute atomic E-state index is 0. The molecule has 0 spiro atoms. The van der Waals surface area contributed by atoms with Crippen LogP contribution in [0, 0.1) is 0 Å². The average molecular weight is 191 g/mol. The number of hydrogen-bond acceptors (Lipinski definition) is 0. The van der Waals surface area contributed by atoms with E-state index in [0.29, 0.717) is 0 Å². The van der Waals surface area contributed by atoms with Gasteiger partial charge in [0.15, 0.2) is 0 Å². The van der Waals surface area contributed by atoms with Crippen molar-refractivity contribution in [3.8, 4) is 0 Å². The van der Waals surface area contributed by atoms with Gasteiger partial charge in [0.25, 0.3) is 0 Å². The smallest absolute Gasteiger partial charge is 1.00 e. The van der Waals surface area contributed by atoms with Gasteiger partial charge < -0.3 is 6.90 Å². The van der Waals surface area contributed by atoms with Crippen molar-refractivity contribution in [3.05, 3.63) is 0 Å². The molecule has 1 fully saturated rings. The van der Waals surface area contributed by atoms with Crippen LogP contribution in [0.4, 0.5) is 0 Å². The summed E-state index contributed by atoms with van der Waals surface area (Å²) < 4.78 is 0. The van der Waals surface area contributed by atoms with E-state index in [1.807, 2.05) is 0 Å².